The van der Waals surface area contributed by atoms with E-state index in [-0.39, 0.29) is 5.41 Å². The number of likely N-dealkylation sites (tertiary alicyclic amines) is 1. The zero-order valence-corrected chi connectivity index (χ0v) is 11.6. The smallest absolute Gasteiger partial charge is 0.223 e. The van der Waals surface area contributed by atoms with Crippen molar-refractivity contribution in [2.45, 2.75) is 46.0 Å². The van der Waals surface area contributed by atoms with Crippen LogP contribution in [0.1, 0.15) is 51.6 Å². The van der Waals surface area contributed by atoms with Gasteiger partial charge in [0.05, 0.1) is 0 Å². The topological polar surface area (TPSA) is 49.0 Å². The number of aromatic amines is 1. The van der Waals surface area contributed by atoms with Gasteiger partial charge in [-0.15, -0.1) is 0 Å². The Balaban J connectivity index is 1.85. The molecule has 18 heavy (non-hydrogen) atoms. The Morgan fingerprint density at radius 1 is 1.44 bits per heavy atom. The first-order chi connectivity index (χ1) is 8.46. The standard InChI is InChI=1S/C14H23N3O/c1-14(2,3)10-13(18)17-8-5-11(6-9-17)12-4-7-15-16-12/h4,7,11H,5-6,8-10H2,1-3H3,(H,15,16). The molecule has 100 valence electrons. The highest BCUT2D eigenvalue weighted by Crippen LogP contribution is 2.28. The number of aromatic nitrogens is 2. The third kappa shape index (κ3) is 3.34. The van der Waals surface area contributed by atoms with Crippen LogP contribution in [-0.2, 0) is 4.79 Å². The van der Waals surface area contributed by atoms with Gasteiger partial charge < -0.3 is 4.90 Å². The van der Waals surface area contributed by atoms with Crippen LogP contribution in [0.4, 0.5) is 0 Å². The van der Waals surface area contributed by atoms with Crippen LogP contribution in [0.5, 0.6) is 0 Å². The summed E-state index contributed by atoms with van der Waals surface area (Å²) in [7, 11) is 0. The summed E-state index contributed by atoms with van der Waals surface area (Å²) in [4.78, 5) is 14.1. The molecule has 0 unspecified atom stereocenters. The molecule has 0 aliphatic carbocycles. The van der Waals surface area contributed by atoms with Gasteiger partial charge in [-0.25, -0.2) is 0 Å². The number of nitrogens with one attached hydrogen (secondary N) is 1. The minimum atomic E-state index is 0.0807. The van der Waals surface area contributed by atoms with E-state index in [9.17, 15) is 4.79 Å². The first-order valence-electron chi connectivity index (χ1n) is 6.73. The highest BCUT2D eigenvalue weighted by atomic mass is 16.2. The molecule has 0 atom stereocenters. The monoisotopic (exact) mass is 249 g/mol. The molecule has 1 N–H and O–H groups in total. The van der Waals surface area contributed by atoms with Crippen molar-refractivity contribution in [3.8, 4) is 0 Å². The lowest BCUT2D eigenvalue weighted by Crippen LogP contribution is -2.39. The van der Waals surface area contributed by atoms with E-state index in [1.54, 1.807) is 6.20 Å². The Bertz CT molecular complexity index is 384. The van der Waals surface area contributed by atoms with Gasteiger partial charge >= 0.3 is 0 Å². The summed E-state index contributed by atoms with van der Waals surface area (Å²) in [6, 6.07) is 2.04. The first kappa shape index (κ1) is 13.1. The number of piperidine rings is 1. The zero-order valence-electron chi connectivity index (χ0n) is 11.6. The third-order valence-corrected chi connectivity index (χ3v) is 3.49. The van der Waals surface area contributed by atoms with Gasteiger partial charge in [0, 0.05) is 37.3 Å². The van der Waals surface area contributed by atoms with E-state index in [1.165, 1.54) is 5.69 Å². The van der Waals surface area contributed by atoms with Crippen LogP contribution in [0.2, 0.25) is 0 Å². The Hall–Kier alpha value is -1.32. The number of carbonyl (C=O) groups is 1. The summed E-state index contributed by atoms with van der Waals surface area (Å²) >= 11 is 0. The van der Waals surface area contributed by atoms with Crippen molar-refractivity contribution >= 4 is 5.91 Å². The number of amides is 1. The van der Waals surface area contributed by atoms with Crippen molar-refractivity contribution in [1.29, 1.82) is 0 Å². The summed E-state index contributed by atoms with van der Waals surface area (Å²) < 4.78 is 0. The second-order valence-corrected chi connectivity index (χ2v) is 6.40. The number of hydrogen-bond donors (Lipinski definition) is 1. The maximum Gasteiger partial charge on any atom is 0.223 e. The van der Waals surface area contributed by atoms with Crippen molar-refractivity contribution in [3.05, 3.63) is 18.0 Å². The van der Waals surface area contributed by atoms with E-state index in [4.69, 9.17) is 0 Å². The predicted molar refractivity (Wildman–Crippen MR) is 71.2 cm³/mol. The van der Waals surface area contributed by atoms with Gasteiger partial charge in [-0.1, -0.05) is 20.8 Å². The zero-order chi connectivity index (χ0) is 13.2. The van der Waals surface area contributed by atoms with Crippen LogP contribution >= 0.6 is 0 Å². The molecule has 4 heteroatoms. The summed E-state index contributed by atoms with van der Waals surface area (Å²) in [6.07, 6.45) is 4.52. The van der Waals surface area contributed by atoms with Crippen LogP contribution in [0.15, 0.2) is 12.3 Å². The van der Waals surface area contributed by atoms with Crippen LogP contribution in [0.3, 0.4) is 0 Å². The molecule has 2 heterocycles. The molecule has 0 spiro atoms. The fourth-order valence-corrected chi connectivity index (χ4v) is 2.50. The van der Waals surface area contributed by atoms with Crippen molar-refractivity contribution in [2.75, 3.05) is 13.1 Å². The largest absolute Gasteiger partial charge is 0.343 e. The predicted octanol–water partition coefficient (Wildman–Crippen LogP) is 2.55. The number of nitrogens with zero attached hydrogens (tertiary/aromatic N) is 2. The van der Waals surface area contributed by atoms with E-state index < -0.39 is 0 Å². The van der Waals surface area contributed by atoms with Gasteiger partial charge in [0.25, 0.3) is 0 Å². The molecular weight excluding hydrogens is 226 g/mol. The number of H-pyrrole nitrogens is 1. The fraction of sp³-hybridized carbons (Fsp3) is 0.714. The first-order valence-corrected chi connectivity index (χ1v) is 6.73. The lowest BCUT2D eigenvalue weighted by Gasteiger charge is -2.33. The lowest BCUT2D eigenvalue weighted by atomic mass is 9.89. The minimum absolute atomic E-state index is 0.0807. The average Bonchev–Trinajstić information content (AvgIpc) is 2.80. The quantitative estimate of drug-likeness (QED) is 0.875. The second-order valence-electron chi connectivity index (χ2n) is 6.40. The Morgan fingerprint density at radius 2 is 2.11 bits per heavy atom. The molecule has 2 rings (SSSR count). The molecule has 1 aliphatic rings. The molecule has 1 aromatic heterocycles. The number of hydrogen-bond acceptors (Lipinski definition) is 2. The van der Waals surface area contributed by atoms with Crippen LogP contribution in [0.25, 0.3) is 0 Å². The number of rotatable bonds is 2. The van der Waals surface area contributed by atoms with E-state index >= 15 is 0 Å². The van der Waals surface area contributed by atoms with Gasteiger partial charge in [0.15, 0.2) is 0 Å². The summed E-state index contributed by atoms with van der Waals surface area (Å²) in [6.45, 7) is 8.09. The maximum absolute atomic E-state index is 12.1. The molecule has 0 radical (unpaired) electrons. The van der Waals surface area contributed by atoms with E-state index in [0.717, 1.165) is 25.9 Å². The molecular formula is C14H23N3O. The minimum Gasteiger partial charge on any atom is -0.343 e. The highest BCUT2D eigenvalue weighted by molar-refractivity contribution is 5.76. The Labute approximate surface area is 109 Å². The van der Waals surface area contributed by atoms with Gasteiger partial charge in [0.2, 0.25) is 5.91 Å². The average molecular weight is 249 g/mol. The molecule has 4 nitrogen and oxygen atoms in total. The molecule has 0 saturated carbocycles. The normalized spacial score (nSPS) is 18.1. The Kier molecular flexibility index (Phi) is 3.73. The van der Waals surface area contributed by atoms with Gasteiger partial charge in [-0.05, 0) is 24.3 Å². The SMILES string of the molecule is CC(C)(C)CC(=O)N1CCC(c2ccn[nH]2)CC1. The van der Waals surface area contributed by atoms with Crippen LogP contribution in [0, 0.1) is 5.41 Å². The van der Waals surface area contributed by atoms with Gasteiger partial charge in [-0.3, -0.25) is 9.89 Å². The summed E-state index contributed by atoms with van der Waals surface area (Å²) in [5, 5.41) is 7.03. The van der Waals surface area contributed by atoms with Crippen LogP contribution in [-0.4, -0.2) is 34.1 Å². The van der Waals surface area contributed by atoms with E-state index in [2.05, 4.69) is 31.0 Å². The summed E-state index contributed by atoms with van der Waals surface area (Å²) in [5.41, 5.74) is 1.29. The van der Waals surface area contributed by atoms with Crippen molar-refractivity contribution in [2.24, 2.45) is 5.41 Å². The van der Waals surface area contributed by atoms with Crippen molar-refractivity contribution < 1.29 is 4.79 Å². The maximum atomic E-state index is 12.1. The van der Waals surface area contributed by atoms with Gasteiger partial charge in [0.1, 0.15) is 0 Å². The van der Waals surface area contributed by atoms with Crippen molar-refractivity contribution in [1.82, 2.24) is 15.1 Å². The van der Waals surface area contributed by atoms with Crippen molar-refractivity contribution in [3.63, 3.8) is 0 Å². The fourth-order valence-electron chi connectivity index (χ4n) is 2.50. The summed E-state index contributed by atoms with van der Waals surface area (Å²) in [5.74, 6) is 0.830. The molecule has 1 amide bonds. The molecule has 1 fully saturated rings. The third-order valence-electron chi connectivity index (χ3n) is 3.49. The molecule has 1 saturated heterocycles. The highest BCUT2D eigenvalue weighted by Gasteiger charge is 2.26. The molecule has 1 aromatic rings. The molecule has 0 aromatic carbocycles. The van der Waals surface area contributed by atoms with Crippen LogP contribution < -0.4 is 0 Å². The van der Waals surface area contributed by atoms with Gasteiger partial charge in [-0.2, -0.15) is 5.10 Å². The number of carbonyl (C=O) groups excluding carboxylic acids is 1. The Morgan fingerprint density at radius 3 is 2.61 bits per heavy atom. The van der Waals surface area contributed by atoms with E-state index in [0.29, 0.717) is 18.2 Å². The van der Waals surface area contributed by atoms with E-state index in [1.807, 2.05) is 11.0 Å². The lowest BCUT2D eigenvalue weighted by molar-refractivity contribution is -0.134. The molecule has 1 aliphatic heterocycles. The second kappa shape index (κ2) is 5.12. The molecule has 0 bridgehead atoms.